The second kappa shape index (κ2) is 7.12. The monoisotopic (exact) mass is 324 g/mol. The molecule has 2 heterocycles. The molecule has 0 bridgehead atoms. The van der Waals surface area contributed by atoms with Gasteiger partial charge < -0.3 is 9.94 Å². The first-order valence-electron chi connectivity index (χ1n) is 7.93. The first kappa shape index (κ1) is 16.0. The lowest BCUT2D eigenvalue weighted by Gasteiger charge is -2.15. The molecule has 0 atom stereocenters. The second-order valence-corrected chi connectivity index (χ2v) is 5.85. The minimum atomic E-state index is 0.381. The highest BCUT2D eigenvalue weighted by molar-refractivity contribution is 5.99. The Morgan fingerprint density at radius 1 is 1.29 bits per heavy atom. The molecule has 3 rings (SSSR count). The van der Waals surface area contributed by atoms with Gasteiger partial charge in [-0.15, -0.1) is 0 Å². The number of benzene rings is 1. The molecule has 1 aliphatic heterocycles. The van der Waals surface area contributed by atoms with Gasteiger partial charge in [0.05, 0.1) is 0 Å². The van der Waals surface area contributed by atoms with E-state index in [4.69, 9.17) is 4.74 Å². The Bertz CT molecular complexity index is 771. The summed E-state index contributed by atoms with van der Waals surface area (Å²) in [7, 11) is 0. The van der Waals surface area contributed by atoms with Gasteiger partial charge in [-0.1, -0.05) is 31.1 Å². The summed E-state index contributed by atoms with van der Waals surface area (Å²) in [6.45, 7) is 4.96. The van der Waals surface area contributed by atoms with Crippen molar-refractivity contribution in [2.24, 2.45) is 10.3 Å². The fourth-order valence-corrected chi connectivity index (χ4v) is 2.48. The van der Waals surface area contributed by atoms with Crippen LogP contribution >= 0.6 is 0 Å². The van der Waals surface area contributed by atoms with Crippen molar-refractivity contribution in [3.8, 4) is 11.6 Å². The molecule has 6 heteroatoms. The van der Waals surface area contributed by atoms with Crippen LogP contribution in [0.2, 0.25) is 0 Å². The van der Waals surface area contributed by atoms with Gasteiger partial charge in [-0.2, -0.15) is 5.10 Å². The summed E-state index contributed by atoms with van der Waals surface area (Å²) in [5, 5.41) is 18.5. The van der Waals surface area contributed by atoms with Crippen LogP contribution in [0.25, 0.3) is 0 Å². The summed E-state index contributed by atoms with van der Waals surface area (Å²) >= 11 is 0. The minimum Gasteiger partial charge on any atom is -0.439 e. The van der Waals surface area contributed by atoms with Crippen molar-refractivity contribution in [1.82, 2.24) is 9.99 Å². The standard InChI is InChI=1S/C18H20N4O2/c1-13(2)14-5-3-6-16(11-14)24-17-12-15(7-9-19-17)18(21-23)22-10-4-8-20-22/h3,5-9,11-13,23H,4,10H2,1-2H3/b21-18-. The van der Waals surface area contributed by atoms with Gasteiger partial charge in [-0.25, -0.2) is 9.99 Å². The molecule has 2 aromatic rings. The molecule has 1 N–H and O–H groups in total. The molecule has 1 aromatic heterocycles. The Morgan fingerprint density at radius 3 is 2.88 bits per heavy atom. The summed E-state index contributed by atoms with van der Waals surface area (Å²) in [6.07, 6.45) is 4.25. The van der Waals surface area contributed by atoms with Crippen LogP contribution in [-0.2, 0) is 0 Å². The molecule has 1 aromatic carbocycles. The molecule has 1 aliphatic rings. The number of amidine groups is 1. The van der Waals surface area contributed by atoms with Gasteiger partial charge in [-0.05, 0) is 29.7 Å². The maximum Gasteiger partial charge on any atom is 0.219 e. The normalized spacial score (nSPS) is 14.5. The fraction of sp³-hybridized carbons (Fsp3) is 0.278. The third-order valence-corrected chi connectivity index (χ3v) is 3.77. The molecule has 0 amide bonds. The number of rotatable bonds is 4. The van der Waals surface area contributed by atoms with E-state index in [1.165, 1.54) is 5.56 Å². The van der Waals surface area contributed by atoms with Crippen molar-refractivity contribution < 1.29 is 9.94 Å². The highest BCUT2D eigenvalue weighted by Gasteiger charge is 2.17. The zero-order valence-corrected chi connectivity index (χ0v) is 13.8. The molecular weight excluding hydrogens is 304 g/mol. The van der Waals surface area contributed by atoms with Crippen LogP contribution in [-0.4, -0.2) is 33.8 Å². The average molecular weight is 324 g/mol. The van der Waals surface area contributed by atoms with Crippen LogP contribution in [0.1, 0.15) is 37.3 Å². The molecule has 0 radical (unpaired) electrons. The zero-order valence-electron chi connectivity index (χ0n) is 13.8. The molecular formula is C18H20N4O2. The molecule has 124 valence electrons. The fourth-order valence-electron chi connectivity index (χ4n) is 2.48. The van der Waals surface area contributed by atoms with Crippen LogP contribution in [0.3, 0.4) is 0 Å². The maximum absolute atomic E-state index is 9.33. The Balaban J connectivity index is 1.83. The molecule has 0 saturated carbocycles. The van der Waals surface area contributed by atoms with E-state index in [1.54, 1.807) is 29.6 Å². The summed E-state index contributed by atoms with van der Waals surface area (Å²) in [6, 6.07) is 11.4. The molecule has 0 fully saturated rings. The van der Waals surface area contributed by atoms with Gasteiger partial charge in [0, 0.05) is 37.0 Å². The number of nitrogens with zero attached hydrogens (tertiary/aromatic N) is 4. The van der Waals surface area contributed by atoms with Crippen LogP contribution < -0.4 is 4.74 Å². The Morgan fingerprint density at radius 2 is 2.17 bits per heavy atom. The van der Waals surface area contributed by atoms with Gasteiger partial charge in [0.15, 0.2) is 5.84 Å². The smallest absolute Gasteiger partial charge is 0.219 e. The third kappa shape index (κ3) is 3.53. The molecule has 0 unspecified atom stereocenters. The van der Waals surface area contributed by atoms with Gasteiger partial charge in [0.1, 0.15) is 5.75 Å². The van der Waals surface area contributed by atoms with E-state index in [9.17, 15) is 5.21 Å². The number of hydrazone groups is 1. The summed E-state index contributed by atoms with van der Waals surface area (Å²) < 4.78 is 5.86. The number of aromatic nitrogens is 1. The zero-order chi connectivity index (χ0) is 16.9. The average Bonchev–Trinajstić information content (AvgIpc) is 3.10. The van der Waals surface area contributed by atoms with Gasteiger partial charge in [0.25, 0.3) is 0 Å². The quantitative estimate of drug-likeness (QED) is 0.402. The van der Waals surface area contributed by atoms with Gasteiger partial charge in [0.2, 0.25) is 5.88 Å². The van der Waals surface area contributed by atoms with Crippen LogP contribution in [0, 0.1) is 0 Å². The highest BCUT2D eigenvalue weighted by atomic mass is 16.5. The summed E-state index contributed by atoms with van der Waals surface area (Å²) in [5.41, 5.74) is 1.90. The topological polar surface area (TPSA) is 70.3 Å². The number of hydrogen-bond donors (Lipinski definition) is 1. The summed E-state index contributed by atoms with van der Waals surface area (Å²) in [4.78, 5) is 4.24. The summed E-state index contributed by atoms with van der Waals surface area (Å²) in [5.74, 6) is 1.98. The van der Waals surface area contributed by atoms with Crippen molar-refractivity contribution in [2.75, 3.05) is 6.54 Å². The molecule has 0 aliphatic carbocycles. The van der Waals surface area contributed by atoms with Crippen molar-refractivity contribution in [3.63, 3.8) is 0 Å². The lowest BCUT2D eigenvalue weighted by atomic mass is 10.0. The Kier molecular flexibility index (Phi) is 4.74. The first-order chi connectivity index (χ1) is 11.7. The highest BCUT2D eigenvalue weighted by Crippen LogP contribution is 2.25. The number of pyridine rings is 1. The van der Waals surface area contributed by atoms with E-state index in [0.29, 0.717) is 29.7 Å². The number of oxime groups is 1. The Labute approximate surface area is 141 Å². The van der Waals surface area contributed by atoms with E-state index < -0.39 is 0 Å². The molecule has 24 heavy (non-hydrogen) atoms. The molecule has 0 saturated heterocycles. The van der Waals surface area contributed by atoms with Crippen molar-refractivity contribution >= 4 is 12.1 Å². The van der Waals surface area contributed by atoms with E-state index in [0.717, 1.165) is 12.2 Å². The predicted octanol–water partition coefficient (Wildman–Crippen LogP) is 3.82. The SMILES string of the molecule is CC(C)c1cccc(Oc2cc(/C(=N/O)N3CCC=N3)ccn2)c1. The molecule has 6 nitrogen and oxygen atoms in total. The van der Waals surface area contributed by atoms with Crippen molar-refractivity contribution in [1.29, 1.82) is 0 Å². The van der Waals surface area contributed by atoms with Crippen molar-refractivity contribution in [3.05, 3.63) is 53.7 Å². The molecule has 0 spiro atoms. The van der Waals surface area contributed by atoms with Crippen molar-refractivity contribution in [2.45, 2.75) is 26.2 Å². The van der Waals surface area contributed by atoms with E-state index in [2.05, 4.69) is 35.2 Å². The lowest BCUT2D eigenvalue weighted by molar-refractivity contribution is 0.305. The van der Waals surface area contributed by atoms with E-state index in [1.807, 2.05) is 18.2 Å². The first-order valence-corrected chi connectivity index (χ1v) is 7.93. The maximum atomic E-state index is 9.33. The Hall–Kier alpha value is -2.89. The van der Waals surface area contributed by atoms with E-state index in [-0.39, 0.29) is 0 Å². The van der Waals surface area contributed by atoms with Gasteiger partial charge in [-0.3, -0.25) is 0 Å². The predicted molar refractivity (Wildman–Crippen MR) is 93.0 cm³/mol. The lowest BCUT2D eigenvalue weighted by Crippen LogP contribution is -2.24. The number of hydrogen-bond acceptors (Lipinski definition) is 5. The van der Waals surface area contributed by atoms with Crippen LogP contribution in [0.4, 0.5) is 0 Å². The largest absolute Gasteiger partial charge is 0.439 e. The number of ether oxygens (including phenoxy) is 1. The second-order valence-electron chi connectivity index (χ2n) is 5.85. The minimum absolute atomic E-state index is 0.381. The van der Waals surface area contributed by atoms with Crippen LogP contribution in [0.15, 0.2) is 52.9 Å². The van der Waals surface area contributed by atoms with Gasteiger partial charge >= 0.3 is 0 Å². The van der Waals surface area contributed by atoms with E-state index >= 15 is 0 Å². The third-order valence-electron chi connectivity index (χ3n) is 3.77. The van der Waals surface area contributed by atoms with Crippen LogP contribution in [0.5, 0.6) is 11.6 Å².